The number of hydrogen-bond donors (Lipinski definition) is 2. The molecule has 34 heavy (non-hydrogen) atoms. The average Bonchev–Trinajstić information content (AvgIpc) is 2.83. The van der Waals surface area contributed by atoms with Crippen LogP contribution in [0.15, 0.2) is 76.3 Å². The van der Waals surface area contributed by atoms with Gasteiger partial charge in [0, 0.05) is 28.6 Å². The second-order valence-corrected chi connectivity index (χ2v) is 8.42. The lowest BCUT2D eigenvalue weighted by Gasteiger charge is -2.13. The third kappa shape index (κ3) is 7.74. The molecule has 2 N–H and O–H groups in total. The standard InChI is InChI=1S/C26H26BrN3O4/c1-18-5-3-6-19(15-18)17-34-26-20(7-4-8-23(26)33-2)16-28-30-25(32)14-13-24(31)29-22-11-9-21(27)10-12-22/h3-12,15-16H,13-14,17H2,1-2H3,(H,29,31)(H,30,32)/b28-16-. The second-order valence-electron chi connectivity index (χ2n) is 7.50. The Hall–Kier alpha value is -3.65. The number of aryl methyl sites for hydroxylation is 1. The van der Waals surface area contributed by atoms with Crippen LogP contribution in [0.5, 0.6) is 11.5 Å². The molecule has 0 aliphatic heterocycles. The van der Waals surface area contributed by atoms with Crippen molar-refractivity contribution < 1.29 is 19.1 Å². The molecular weight excluding hydrogens is 498 g/mol. The molecule has 2 amide bonds. The number of rotatable bonds is 10. The quantitative estimate of drug-likeness (QED) is 0.282. The summed E-state index contributed by atoms with van der Waals surface area (Å²) in [6.07, 6.45) is 1.55. The van der Waals surface area contributed by atoms with Crippen LogP contribution in [0, 0.1) is 6.92 Å². The fourth-order valence-electron chi connectivity index (χ4n) is 3.12. The monoisotopic (exact) mass is 523 g/mol. The molecule has 7 nitrogen and oxygen atoms in total. The summed E-state index contributed by atoms with van der Waals surface area (Å²) in [5, 5.41) is 6.77. The third-order valence-corrected chi connectivity index (χ3v) is 5.32. The first-order chi connectivity index (χ1) is 16.4. The Labute approximate surface area is 207 Å². The van der Waals surface area contributed by atoms with Gasteiger partial charge in [-0.15, -0.1) is 0 Å². The molecule has 176 valence electrons. The number of methoxy groups -OCH3 is 1. The zero-order valence-corrected chi connectivity index (χ0v) is 20.6. The Bertz CT molecular complexity index is 1160. The maximum Gasteiger partial charge on any atom is 0.240 e. The molecule has 0 saturated heterocycles. The van der Waals surface area contributed by atoms with Crippen LogP contribution in [-0.4, -0.2) is 25.1 Å². The topological polar surface area (TPSA) is 89.0 Å². The average molecular weight is 524 g/mol. The highest BCUT2D eigenvalue weighted by molar-refractivity contribution is 9.10. The minimum Gasteiger partial charge on any atom is -0.493 e. The van der Waals surface area contributed by atoms with Gasteiger partial charge in [-0.1, -0.05) is 51.8 Å². The molecule has 0 bridgehead atoms. The Morgan fingerprint density at radius 3 is 2.47 bits per heavy atom. The van der Waals surface area contributed by atoms with Gasteiger partial charge in [-0.2, -0.15) is 5.10 Å². The normalized spacial score (nSPS) is 10.7. The number of nitrogens with one attached hydrogen (secondary N) is 2. The number of benzene rings is 3. The number of para-hydroxylation sites is 1. The van der Waals surface area contributed by atoms with Gasteiger partial charge in [0.05, 0.1) is 13.3 Å². The molecule has 0 heterocycles. The predicted molar refractivity (Wildman–Crippen MR) is 136 cm³/mol. The van der Waals surface area contributed by atoms with Crippen molar-refractivity contribution >= 4 is 39.6 Å². The SMILES string of the molecule is COc1cccc(/C=N\NC(=O)CCC(=O)Nc2ccc(Br)cc2)c1OCc1cccc(C)c1. The van der Waals surface area contributed by atoms with E-state index in [0.29, 0.717) is 29.4 Å². The van der Waals surface area contributed by atoms with E-state index in [4.69, 9.17) is 9.47 Å². The van der Waals surface area contributed by atoms with E-state index in [1.807, 2.05) is 49.4 Å². The van der Waals surface area contributed by atoms with Gasteiger partial charge in [-0.25, -0.2) is 5.43 Å². The molecule has 3 rings (SSSR count). The second kappa shape index (κ2) is 12.6. The fourth-order valence-corrected chi connectivity index (χ4v) is 3.38. The molecule has 0 aliphatic rings. The molecular formula is C26H26BrN3O4. The highest BCUT2D eigenvalue weighted by atomic mass is 79.9. The first-order valence-electron chi connectivity index (χ1n) is 10.7. The summed E-state index contributed by atoms with van der Waals surface area (Å²) in [4.78, 5) is 24.2. The fraction of sp³-hybridized carbons (Fsp3) is 0.192. The molecule has 0 aliphatic carbocycles. The van der Waals surface area contributed by atoms with Crippen LogP contribution in [-0.2, 0) is 16.2 Å². The van der Waals surface area contributed by atoms with E-state index >= 15 is 0 Å². The molecule has 0 aromatic heterocycles. The van der Waals surface area contributed by atoms with Crippen LogP contribution in [0.4, 0.5) is 5.69 Å². The summed E-state index contributed by atoms with van der Waals surface area (Å²) in [5.41, 5.74) is 5.95. The molecule has 0 unspecified atom stereocenters. The van der Waals surface area contributed by atoms with Gasteiger partial charge < -0.3 is 14.8 Å². The third-order valence-electron chi connectivity index (χ3n) is 4.79. The number of carbonyl (C=O) groups is 2. The Kier molecular flexibility index (Phi) is 9.22. The number of halogens is 1. The molecule has 3 aromatic rings. The summed E-state index contributed by atoms with van der Waals surface area (Å²) in [7, 11) is 1.57. The minimum atomic E-state index is -0.368. The summed E-state index contributed by atoms with van der Waals surface area (Å²) in [6.45, 7) is 2.39. The van der Waals surface area contributed by atoms with E-state index in [1.165, 1.54) is 6.21 Å². The number of hydrazone groups is 1. The molecule has 8 heteroatoms. The van der Waals surface area contributed by atoms with Gasteiger partial charge in [-0.3, -0.25) is 9.59 Å². The Morgan fingerprint density at radius 2 is 1.74 bits per heavy atom. The lowest BCUT2D eigenvalue weighted by molar-refractivity contribution is -0.124. The smallest absolute Gasteiger partial charge is 0.240 e. The van der Waals surface area contributed by atoms with Crippen molar-refractivity contribution in [1.82, 2.24) is 5.43 Å². The van der Waals surface area contributed by atoms with E-state index in [0.717, 1.165) is 15.6 Å². The van der Waals surface area contributed by atoms with Gasteiger partial charge in [0.1, 0.15) is 6.61 Å². The summed E-state index contributed by atoms with van der Waals surface area (Å²) in [5.74, 6) is 0.472. The summed E-state index contributed by atoms with van der Waals surface area (Å²) in [6, 6.07) is 20.7. The van der Waals surface area contributed by atoms with E-state index < -0.39 is 0 Å². The lowest BCUT2D eigenvalue weighted by Crippen LogP contribution is -2.20. The number of ether oxygens (including phenoxy) is 2. The van der Waals surface area contributed by atoms with Crippen molar-refractivity contribution in [3.63, 3.8) is 0 Å². The van der Waals surface area contributed by atoms with Crippen LogP contribution < -0.4 is 20.2 Å². The van der Waals surface area contributed by atoms with Crippen LogP contribution in [0.2, 0.25) is 0 Å². The van der Waals surface area contributed by atoms with Crippen molar-refractivity contribution in [2.75, 3.05) is 12.4 Å². The van der Waals surface area contributed by atoms with Crippen molar-refractivity contribution in [2.45, 2.75) is 26.4 Å². The highest BCUT2D eigenvalue weighted by Crippen LogP contribution is 2.31. The van der Waals surface area contributed by atoms with Gasteiger partial charge in [-0.05, 0) is 48.9 Å². The maximum atomic E-state index is 12.1. The van der Waals surface area contributed by atoms with Gasteiger partial charge >= 0.3 is 0 Å². The molecule has 0 fully saturated rings. The van der Waals surface area contributed by atoms with Gasteiger partial charge in [0.2, 0.25) is 11.8 Å². The van der Waals surface area contributed by atoms with E-state index in [-0.39, 0.29) is 24.7 Å². The van der Waals surface area contributed by atoms with E-state index in [1.54, 1.807) is 25.3 Å². The molecule has 0 radical (unpaired) electrons. The maximum absolute atomic E-state index is 12.1. The van der Waals surface area contributed by atoms with Crippen LogP contribution in [0.3, 0.4) is 0 Å². The number of hydrogen-bond acceptors (Lipinski definition) is 5. The summed E-state index contributed by atoms with van der Waals surface area (Å²) < 4.78 is 12.4. The predicted octanol–water partition coefficient (Wildman–Crippen LogP) is 5.21. The van der Waals surface area contributed by atoms with Crippen molar-refractivity contribution in [1.29, 1.82) is 0 Å². The zero-order valence-electron chi connectivity index (χ0n) is 19.0. The summed E-state index contributed by atoms with van der Waals surface area (Å²) >= 11 is 3.34. The van der Waals surface area contributed by atoms with E-state index in [2.05, 4.69) is 37.8 Å². The Morgan fingerprint density at radius 1 is 1.00 bits per heavy atom. The van der Waals surface area contributed by atoms with Crippen molar-refractivity contribution in [3.05, 3.63) is 87.9 Å². The van der Waals surface area contributed by atoms with Crippen LogP contribution >= 0.6 is 15.9 Å². The van der Waals surface area contributed by atoms with Crippen molar-refractivity contribution in [3.8, 4) is 11.5 Å². The molecule has 0 atom stereocenters. The number of nitrogens with zero attached hydrogens (tertiary/aromatic N) is 1. The Balaban J connectivity index is 1.54. The molecule has 0 spiro atoms. The number of amides is 2. The molecule has 0 saturated carbocycles. The van der Waals surface area contributed by atoms with Crippen LogP contribution in [0.25, 0.3) is 0 Å². The highest BCUT2D eigenvalue weighted by Gasteiger charge is 2.11. The minimum absolute atomic E-state index is 0.00846. The number of anilines is 1. The van der Waals surface area contributed by atoms with E-state index in [9.17, 15) is 9.59 Å². The van der Waals surface area contributed by atoms with Crippen molar-refractivity contribution in [2.24, 2.45) is 5.10 Å². The van der Waals surface area contributed by atoms with Gasteiger partial charge in [0.15, 0.2) is 11.5 Å². The number of carbonyl (C=O) groups excluding carboxylic acids is 2. The largest absolute Gasteiger partial charge is 0.493 e. The zero-order chi connectivity index (χ0) is 24.3. The first kappa shape index (κ1) is 25.0. The van der Waals surface area contributed by atoms with Crippen LogP contribution in [0.1, 0.15) is 29.5 Å². The lowest BCUT2D eigenvalue weighted by atomic mass is 10.1. The van der Waals surface area contributed by atoms with Gasteiger partial charge in [0.25, 0.3) is 0 Å². The molecule has 3 aromatic carbocycles. The first-order valence-corrected chi connectivity index (χ1v) is 11.5.